The molecule has 28 heavy (non-hydrogen) atoms. The fraction of sp³-hybridized carbons (Fsp3) is 0. The minimum atomic E-state index is 0.852. The number of benzene rings is 1. The zero-order chi connectivity index (χ0) is 19.9. The van der Waals surface area contributed by atoms with Gasteiger partial charge in [0.25, 0.3) is 0 Å². The largest absolute Gasteiger partial charge is 0.143 e. The van der Waals surface area contributed by atoms with Crippen LogP contribution in [0.5, 0.6) is 0 Å². The van der Waals surface area contributed by atoms with Crippen LogP contribution in [0.3, 0.4) is 0 Å². The first kappa shape index (κ1) is 21.8. The maximum Gasteiger partial charge on any atom is 0.0774 e. The molecule has 3 aromatic rings. The molecule has 0 fully saturated rings. The lowest BCUT2D eigenvalue weighted by atomic mass is 10.1. The molecule has 0 N–H and O–H groups in total. The second kappa shape index (κ2) is 10.8. The van der Waals surface area contributed by atoms with Crippen molar-refractivity contribution in [1.82, 2.24) is 0 Å². The number of hydrogen-bond acceptors (Lipinski definition) is 2. The lowest BCUT2D eigenvalue weighted by Gasteiger charge is -1.97. The summed E-state index contributed by atoms with van der Waals surface area (Å²) in [7, 11) is 0. The van der Waals surface area contributed by atoms with E-state index >= 15 is 0 Å². The highest BCUT2D eigenvalue weighted by Crippen LogP contribution is 2.30. The third kappa shape index (κ3) is 6.07. The van der Waals surface area contributed by atoms with E-state index in [2.05, 4.69) is 99.5 Å². The molecule has 0 atom stereocenters. The molecule has 2 aromatic heterocycles. The van der Waals surface area contributed by atoms with Crippen molar-refractivity contribution in [2.45, 2.75) is 0 Å². The Labute approximate surface area is 206 Å². The van der Waals surface area contributed by atoms with Crippen LogP contribution in [0.15, 0.2) is 66.1 Å². The van der Waals surface area contributed by atoms with Crippen molar-refractivity contribution in [3.8, 4) is 23.7 Å². The molecule has 0 aliphatic rings. The quantitative estimate of drug-likeness (QED) is 0.242. The van der Waals surface area contributed by atoms with Gasteiger partial charge in [-0.3, -0.25) is 0 Å². The lowest BCUT2D eigenvalue weighted by molar-refractivity contribution is 1.60. The number of halogens is 4. The zero-order valence-electron chi connectivity index (χ0n) is 14.1. The first-order chi connectivity index (χ1) is 13.5. The predicted molar refractivity (Wildman–Crippen MR) is 138 cm³/mol. The molecule has 0 spiro atoms. The monoisotopic (exact) mass is 654 g/mol. The molecule has 0 unspecified atom stereocenters. The Balaban J connectivity index is 1.81. The molecule has 1 aromatic carbocycles. The van der Waals surface area contributed by atoms with Crippen molar-refractivity contribution in [2.75, 3.05) is 0 Å². The van der Waals surface area contributed by atoms with Crippen LogP contribution in [0.1, 0.15) is 20.9 Å². The van der Waals surface area contributed by atoms with Crippen LogP contribution in [-0.4, -0.2) is 0 Å². The van der Waals surface area contributed by atoms with Crippen molar-refractivity contribution < 1.29 is 0 Å². The molecule has 0 nitrogen and oxygen atoms in total. The number of hydrogen-bond donors (Lipinski definition) is 0. The van der Waals surface area contributed by atoms with Gasteiger partial charge in [-0.15, -0.1) is 22.7 Å². The Morgan fingerprint density at radius 3 is 1.29 bits per heavy atom. The number of thiophene rings is 2. The van der Waals surface area contributed by atoms with Gasteiger partial charge >= 0.3 is 0 Å². The zero-order valence-corrected chi connectivity index (χ0v) is 22.1. The molecule has 0 aliphatic carbocycles. The van der Waals surface area contributed by atoms with Crippen LogP contribution in [0.4, 0.5) is 0 Å². The topological polar surface area (TPSA) is 0 Å². The summed E-state index contributed by atoms with van der Waals surface area (Å²) in [4.78, 5) is 2.24. The van der Waals surface area contributed by atoms with E-state index in [4.69, 9.17) is 0 Å². The fourth-order valence-electron chi connectivity index (χ4n) is 2.15. The normalized spacial score (nSPS) is 9.57. The van der Waals surface area contributed by atoms with E-state index in [1.165, 1.54) is 0 Å². The van der Waals surface area contributed by atoms with Gasteiger partial charge in [-0.25, -0.2) is 0 Å². The summed E-state index contributed by atoms with van der Waals surface area (Å²) in [5.74, 6) is 12.9. The molecule has 0 radical (unpaired) electrons. The Bertz CT molecular complexity index is 1030. The lowest BCUT2D eigenvalue weighted by Crippen LogP contribution is -1.80. The van der Waals surface area contributed by atoms with Crippen molar-refractivity contribution in [2.24, 2.45) is 0 Å². The summed E-state index contributed by atoms with van der Waals surface area (Å²) in [6.07, 6.45) is 0. The highest BCUT2D eigenvalue weighted by atomic mass is 79.9. The molecule has 0 bridgehead atoms. The van der Waals surface area contributed by atoms with Gasteiger partial charge in [-0.2, -0.15) is 0 Å². The number of allylic oxidation sites excluding steroid dienone is 2. The minimum absolute atomic E-state index is 0.852. The van der Waals surface area contributed by atoms with Gasteiger partial charge in [-0.05, 0) is 111 Å². The summed E-state index contributed by atoms with van der Waals surface area (Å²) >= 11 is 17.2. The van der Waals surface area contributed by atoms with Crippen molar-refractivity contribution in [1.29, 1.82) is 0 Å². The molecule has 3 rings (SSSR count). The van der Waals surface area contributed by atoms with Gasteiger partial charge in [-0.1, -0.05) is 35.8 Å². The molecule has 0 saturated heterocycles. The van der Waals surface area contributed by atoms with Crippen LogP contribution in [0, 0.1) is 23.7 Å². The van der Waals surface area contributed by atoms with E-state index in [9.17, 15) is 0 Å². The van der Waals surface area contributed by atoms with Crippen LogP contribution < -0.4 is 0 Å². The Kier molecular flexibility index (Phi) is 8.41. The fourth-order valence-corrected chi connectivity index (χ4v) is 5.39. The number of rotatable bonds is 2. The first-order valence-corrected chi connectivity index (χ1v) is 12.8. The van der Waals surface area contributed by atoms with Gasteiger partial charge in [0.2, 0.25) is 0 Å². The van der Waals surface area contributed by atoms with E-state index in [0.717, 1.165) is 38.8 Å². The Morgan fingerprint density at radius 1 is 0.607 bits per heavy atom. The van der Waals surface area contributed by atoms with Crippen molar-refractivity contribution >= 4 is 97.5 Å². The van der Waals surface area contributed by atoms with Gasteiger partial charge < -0.3 is 0 Å². The van der Waals surface area contributed by atoms with Crippen molar-refractivity contribution in [3.63, 3.8) is 0 Å². The molecule has 6 heteroatoms. The van der Waals surface area contributed by atoms with E-state index in [0.29, 0.717) is 0 Å². The molecular formula is C22H10Br4S2. The SMILES string of the molecule is BrC(Br)=C(C#Cc1ccc(C#CC(=C(Br)Br)c2cccs2)cc1)c1cccs1. The summed E-state index contributed by atoms with van der Waals surface area (Å²) in [6.45, 7) is 0. The smallest absolute Gasteiger partial charge is 0.0774 e. The summed E-state index contributed by atoms with van der Waals surface area (Å²) in [6, 6.07) is 16.1. The Morgan fingerprint density at radius 2 is 1.00 bits per heavy atom. The molecule has 0 amide bonds. The van der Waals surface area contributed by atoms with Gasteiger partial charge in [0, 0.05) is 20.9 Å². The van der Waals surface area contributed by atoms with Gasteiger partial charge in [0.15, 0.2) is 0 Å². The maximum atomic E-state index is 3.48. The molecule has 138 valence electrons. The molecular weight excluding hydrogens is 648 g/mol. The molecule has 0 aliphatic heterocycles. The minimum Gasteiger partial charge on any atom is -0.143 e. The van der Waals surface area contributed by atoms with Crippen LogP contribution in [-0.2, 0) is 0 Å². The van der Waals surface area contributed by atoms with E-state index < -0.39 is 0 Å². The second-order valence-corrected chi connectivity index (χ2v) is 12.5. The average molecular weight is 658 g/mol. The van der Waals surface area contributed by atoms with Crippen molar-refractivity contribution in [3.05, 3.63) is 87.0 Å². The summed E-state index contributed by atoms with van der Waals surface area (Å²) in [5.41, 5.74) is 3.76. The highest BCUT2D eigenvalue weighted by Gasteiger charge is 2.04. The standard InChI is InChI=1S/C22H10Br4S2/c23-21(24)17(19-3-1-13-27-19)11-9-15-5-7-16(8-6-15)10-12-18(22(25)26)20-4-2-14-28-20/h1-8,13-14H. The molecule has 2 heterocycles. The second-order valence-electron chi connectivity index (χ2n) is 5.30. The first-order valence-electron chi connectivity index (χ1n) is 7.87. The maximum absolute atomic E-state index is 3.48. The summed E-state index contributed by atoms with van der Waals surface area (Å²) in [5, 5.41) is 4.08. The van der Waals surface area contributed by atoms with Gasteiger partial charge in [0.05, 0.1) is 17.9 Å². The van der Waals surface area contributed by atoms with Gasteiger partial charge in [0.1, 0.15) is 0 Å². The average Bonchev–Trinajstić information content (AvgIpc) is 3.37. The van der Waals surface area contributed by atoms with E-state index in [-0.39, 0.29) is 0 Å². The van der Waals surface area contributed by atoms with Crippen LogP contribution >= 0.6 is 86.4 Å². The Hall–Kier alpha value is -0.860. The third-order valence-electron chi connectivity index (χ3n) is 3.46. The van der Waals surface area contributed by atoms with Crippen LogP contribution in [0.25, 0.3) is 11.1 Å². The van der Waals surface area contributed by atoms with E-state index in [1.54, 1.807) is 22.7 Å². The molecule has 0 saturated carbocycles. The predicted octanol–water partition coefficient (Wildman–Crippen LogP) is 8.83. The third-order valence-corrected chi connectivity index (χ3v) is 6.82. The van der Waals surface area contributed by atoms with Crippen LogP contribution in [0.2, 0.25) is 0 Å². The highest BCUT2D eigenvalue weighted by molar-refractivity contribution is 9.28. The van der Waals surface area contributed by atoms with E-state index in [1.807, 2.05) is 47.2 Å². The summed E-state index contributed by atoms with van der Waals surface area (Å²) < 4.78 is 1.70.